The summed E-state index contributed by atoms with van der Waals surface area (Å²) in [6, 6.07) is 1.24. The summed E-state index contributed by atoms with van der Waals surface area (Å²) in [6.07, 6.45) is 2.51. The van der Waals surface area contributed by atoms with Gasteiger partial charge in [0.25, 0.3) is 0 Å². The standard InChI is InChI=1S/C13H18FN3O5S.ClH/c1-22-13-11(14)6-10(7-12(13)17(18)19)23(20,21)16-9-4-2-8(15)3-5-9;/h6-9,16H,2-5,15H2,1H3;1H. The fraction of sp³-hybridized carbons (Fsp3) is 0.538. The van der Waals surface area contributed by atoms with Crippen molar-refractivity contribution < 1.29 is 22.5 Å². The SMILES string of the molecule is COc1c(F)cc(S(=O)(=O)NC2CCC(N)CC2)cc1[N+](=O)[O-].Cl. The van der Waals surface area contributed by atoms with Crippen molar-refractivity contribution in [2.24, 2.45) is 5.73 Å². The Morgan fingerprint density at radius 3 is 2.42 bits per heavy atom. The van der Waals surface area contributed by atoms with Crippen LogP contribution in [0.3, 0.4) is 0 Å². The number of methoxy groups -OCH3 is 1. The summed E-state index contributed by atoms with van der Waals surface area (Å²) in [4.78, 5) is 9.58. The molecule has 2 rings (SSSR count). The first-order valence-corrected chi connectivity index (χ1v) is 8.52. The van der Waals surface area contributed by atoms with Crippen molar-refractivity contribution in [3.05, 3.63) is 28.1 Å². The average Bonchev–Trinajstić information content (AvgIpc) is 2.48. The Balaban J connectivity index is 0.00000288. The molecule has 1 fully saturated rings. The first kappa shape index (κ1) is 20.6. The molecule has 8 nitrogen and oxygen atoms in total. The summed E-state index contributed by atoms with van der Waals surface area (Å²) in [5.41, 5.74) is 5.02. The number of nitrogens with one attached hydrogen (secondary N) is 1. The van der Waals surface area contributed by atoms with E-state index in [4.69, 9.17) is 5.73 Å². The lowest BCUT2D eigenvalue weighted by Gasteiger charge is -2.26. The second-order valence-electron chi connectivity index (χ2n) is 5.45. The molecule has 1 aliphatic rings. The van der Waals surface area contributed by atoms with Crippen LogP contribution >= 0.6 is 12.4 Å². The number of benzene rings is 1. The molecule has 0 spiro atoms. The number of nitro benzene ring substituents is 1. The van der Waals surface area contributed by atoms with Crippen LogP contribution in [0.1, 0.15) is 25.7 Å². The van der Waals surface area contributed by atoms with Gasteiger partial charge in [-0.2, -0.15) is 0 Å². The molecule has 11 heteroatoms. The number of rotatable bonds is 5. The molecule has 0 atom stereocenters. The molecule has 24 heavy (non-hydrogen) atoms. The van der Waals surface area contributed by atoms with Crippen molar-refractivity contribution in [1.82, 2.24) is 4.72 Å². The molecule has 1 aromatic rings. The predicted octanol–water partition coefficient (Wildman–Crippen LogP) is 1.71. The Morgan fingerprint density at radius 2 is 1.92 bits per heavy atom. The van der Waals surface area contributed by atoms with E-state index in [9.17, 15) is 22.9 Å². The highest BCUT2D eigenvalue weighted by Crippen LogP contribution is 2.33. The lowest BCUT2D eigenvalue weighted by molar-refractivity contribution is -0.386. The van der Waals surface area contributed by atoms with Gasteiger partial charge in [-0.05, 0) is 31.7 Å². The quantitative estimate of drug-likeness (QED) is 0.589. The second kappa shape index (κ2) is 8.06. The third-order valence-electron chi connectivity index (χ3n) is 3.80. The molecule has 0 radical (unpaired) electrons. The van der Waals surface area contributed by atoms with Gasteiger partial charge in [0.05, 0.1) is 16.9 Å². The fourth-order valence-electron chi connectivity index (χ4n) is 2.57. The van der Waals surface area contributed by atoms with Crippen molar-refractivity contribution in [2.45, 2.75) is 42.7 Å². The van der Waals surface area contributed by atoms with Crippen LogP contribution in [-0.2, 0) is 10.0 Å². The van der Waals surface area contributed by atoms with Gasteiger partial charge in [0.1, 0.15) is 0 Å². The number of sulfonamides is 1. The minimum Gasteiger partial charge on any atom is -0.488 e. The third-order valence-corrected chi connectivity index (χ3v) is 5.30. The van der Waals surface area contributed by atoms with Crippen LogP contribution in [0.25, 0.3) is 0 Å². The zero-order valence-electron chi connectivity index (χ0n) is 12.9. The number of nitrogens with two attached hydrogens (primary N) is 1. The Kier molecular flexibility index (Phi) is 6.90. The smallest absolute Gasteiger partial charge is 0.315 e. The number of hydrogen-bond donors (Lipinski definition) is 2. The number of halogens is 2. The molecule has 3 N–H and O–H groups in total. The van der Waals surface area contributed by atoms with Crippen LogP contribution in [0.15, 0.2) is 17.0 Å². The van der Waals surface area contributed by atoms with E-state index in [2.05, 4.69) is 9.46 Å². The Hall–Kier alpha value is -1.49. The van der Waals surface area contributed by atoms with Gasteiger partial charge >= 0.3 is 5.69 Å². The number of nitro groups is 1. The number of hydrogen-bond acceptors (Lipinski definition) is 6. The van der Waals surface area contributed by atoms with Crippen molar-refractivity contribution in [3.8, 4) is 5.75 Å². The largest absolute Gasteiger partial charge is 0.488 e. The van der Waals surface area contributed by atoms with Gasteiger partial charge < -0.3 is 10.5 Å². The van der Waals surface area contributed by atoms with Gasteiger partial charge in [0.15, 0.2) is 5.82 Å². The summed E-state index contributed by atoms with van der Waals surface area (Å²) >= 11 is 0. The van der Waals surface area contributed by atoms with Gasteiger partial charge in [-0.3, -0.25) is 10.1 Å². The number of ether oxygens (including phenoxy) is 1. The predicted molar refractivity (Wildman–Crippen MR) is 87.4 cm³/mol. The molecule has 1 saturated carbocycles. The van der Waals surface area contributed by atoms with E-state index in [1.54, 1.807) is 0 Å². The van der Waals surface area contributed by atoms with Crippen LogP contribution in [0, 0.1) is 15.9 Å². The van der Waals surface area contributed by atoms with Gasteiger partial charge in [-0.1, -0.05) is 0 Å². The molecule has 0 bridgehead atoms. The Morgan fingerprint density at radius 1 is 1.33 bits per heavy atom. The molecule has 0 aromatic heterocycles. The highest BCUT2D eigenvalue weighted by molar-refractivity contribution is 7.89. The lowest BCUT2D eigenvalue weighted by Crippen LogP contribution is -2.40. The van der Waals surface area contributed by atoms with Gasteiger partial charge in [-0.25, -0.2) is 17.5 Å². The maximum Gasteiger partial charge on any atom is 0.315 e. The number of nitrogens with zero attached hydrogens (tertiary/aromatic N) is 1. The summed E-state index contributed by atoms with van der Waals surface area (Å²) in [5, 5.41) is 11.0. The fourth-order valence-corrected chi connectivity index (χ4v) is 3.91. The maximum atomic E-state index is 13.9. The van der Waals surface area contributed by atoms with E-state index in [0.717, 1.165) is 13.2 Å². The average molecular weight is 384 g/mol. The van der Waals surface area contributed by atoms with Crippen LogP contribution in [0.2, 0.25) is 0 Å². The van der Waals surface area contributed by atoms with Gasteiger partial charge in [-0.15, -0.1) is 12.4 Å². The van der Waals surface area contributed by atoms with E-state index in [1.165, 1.54) is 0 Å². The summed E-state index contributed by atoms with van der Waals surface area (Å²) in [7, 11) is -3.00. The molecular formula is C13H19ClFN3O5S. The van der Waals surface area contributed by atoms with Crippen molar-refractivity contribution in [1.29, 1.82) is 0 Å². The van der Waals surface area contributed by atoms with Crippen molar-refractivity contribution in [3.63, 3.8) is 0 Å². The molecule has 0 amide bonds. The lowest BCUT2D eigenvalue weighted by atomic mass is 9.93. The van der Waals surface area contributed by atoms with Gasteiger partial charge in [0, 0.05) is 18.2 Å². The maximum absolute atomic E-state index is 13.9. The summed E-state index contributed by atoms with van der Waals surface area (Å²) in [6.45, 7) is 0. The molecule has 0 aliphatic heterocycles. The first-order valence-electron chi connectivity index (χ1n) is 7.04. The highest BCUT2D eigenvalue weighted by Gasteiger charge is 2.29. The summed E-state index contributed by atoms with van der Waals surface area (Å²) < 4.78 is 45.6. The molecule has 0 heterocycles. The molecule has 1 aliphatic carbocycles. The van der Waals surface area contributed by atoms with Crippen LogP contribution < -0.4 is 15.2 Å². The third kappa shape index (κ3) is 4.53. The first-order chi connectivity index (χ1) is 10.7. The van der Waals surface area contributed by atoms with E-state index in [1.807, 2.05) is 0 Å². The van der Waals surface area contributed by atoms with Crippen LogP contribution in [0.4, 0.5) is 10.1 Å². The normalized spacial score (nSPS) is 21.0. The van der Waals surface area contributed by atoms with E-state index in [0.29, 0.717) is 31.7 Å². The molecule has 0 saturated heterocycles. The molecule has 1 aromatic carbocycles. The molecule has 0 unspecified atom stereocenters. The topological polar surface area (TPSA) is 125 Å². The molecule has 136 valence electrons. The zero-order valence-corrected chi connectivity index (χ0v) is 14.5. The second-order valence-corrected chi connectivity index (χ2v) is 7.16. The van der Waals surface area contributed by atoms with Crippen molar-refractivity contribution >= 4 is 28.1 Å². The monoisotopic (exact) mass is 383 g/mol. The minimum absolute atomic E-state index is 0. The summed E-state index contributed by atoms with van der Waals surface area (Å²) in [5.74, 6) is -1.70. The Labute approximate surface area is 145 Å². The molecular weight excluding hydrogens is 365 g/mol. The zero-order chi connectivity index (χ0) is 17.2. The Bertz CT molecular complexity index is 708. The minimum atomic E-state index is -4.07. The van der Waals surface area contributed by atoms with Crippen LogP contribution in [0.5, 0.6) is 5.75 Å². The van der Waals surface area contributed by atoms with Crippen LogP contribution in [-0.4, -0.2) is 32.5 Å². The van der Waals surface area contributed by atoms with Crippen molar-refractivity contribution in [2.75, 3.05) is 7.11 Å². The highest BCUT2D eigenvalue weighted by atomic mass is 35.5. The van der Waals surface area contributed by atoms with E-state index >= 15 is 0 Å². The van der Waals surface area contributed by atoms with E-state index < -0.39 is 37.1 Å². The van der Waals surface area contributed by atoms with E-state index in [-0.39, 0.29) is 24.5 Å². The van der Waals surface area contributed by atoms with Gasteiger partial charge in [0.2, 0.25) is 15.8 Å².